The number of carbonyl (C=O) groups excluding carboxylic acids is 1. The van der Waals surface area contributed by atoms with Crippen LogP contribution in [0.25, 0.3) is 33.8 Å². The van der Waals surface area contributed by atoms with Gasteiger partial charge in [-0.25, -0.2) is 9.78 Å². The van der Waals surface area contributed by atoms with Crippen LogP contribution in [-0.4, -0.2) is 74.3 Å². The average Bonchev–Trinajstić information content (AvgIpc) is 3.90. The molecule has 5 aliphatic rings. The van der Waals surface area contributed by atoms with Gasteiger partial charge in [0.2, 0.25) is 5.91 Å². The topological polar surface area (TPSA) is 91.0 Å². The Morgan fingerprint density at radius 1 is 0.896 bits per heavy atom. The van der Waals surface area contributed by atoms with Crippen LogP contribution in [0.3, 0.4) is 0 Å². The van der Waals surface area contributed by atoms with Gasteiger partial charge in [0.05, 0.1) is 16.9 Å². The Morgan fingerprint density at radius 2 is 1.67 bits per heavy atom. The molecular formula is C40H47N5O3. The number of carbonyl (C=O) groups is 2. The van der Waals surface area contributed by atoms with Crippen molar-refractivity contribution in [2.45, 2.75) is 103 Å². The molecule has 5 heterocycles. The zero-order valence-corrected chi connectivity index (χ0v) is 28.4. The lowest BCUT2D eigenvalue weighted by Crippen LogP contribution is -2.46. The monoisotopic (exact) mass is 645 g/mol. The van der Waals surface area contributed by atoms with Crippen molar-refractivity contribution in [1.29, 1.82) is 0 Å². The number of aliphatic imine (C=N–C) groups is 1. The van der Waals surface area contributed by atoms with E-state index in [2.05, 4.69) is 63.5 Å². The fourth-order valence-electron chi connectivity index (χ4n) is 9.23. The first-order valence-electron chi connectivity index (χ1n) is 18.2. The number of nitrogens with zero attached hydrogens (tertiary/aromatic N) is 5. The Kier molecular flexibility index (Phi) is 8.31. The minimum absolute atomic E-state index is 0.131. The summed E-state index contributed by atoms with van der Waals surface area (Å²) in [6.07, 6.45) is 13.5. The van der Waals surface area contributed by atoms with E-state index in [4.69, 9.17) is 4.98 Å². The first-order valence-corrected chi connectivity index (χ1v) is 18.2. The summed E-state index contributed by atoms with van der Waals surface area (Å²) in [5, 5.41) is 11.1. The second-order valence-electron chi connectivity index (χ2n) is 14.7. The van der Waals surface area contributed by atoms with Crippen LogP contribution in [-0.2, 0) is 22.6 Å². The summed E-state index contributed by atoms with van der Waals surface area (Å²) in [6, 6.07) is 11.4. The first-order chi connectivity index (χ1) is 23.3. The van der Waals surface area contributed by atoms with Gasteiger partial charge in [0.1, 0.15) is 6.54 Å². The number of hydrogen-bond donors (Lipinski definition) is 1. The highest BCUT2D eigenvalue weighted by Gasteiger charge is 2.35. The third-order valence-corrected chi connectivity index (χ3v) is 11.7. The van der Waals surface area contributed by atoms with E-state index in [0.717, 1.165) is 95.7 Å². The molecular weight excluding hydrogens is 598 g/mol. The molecule has 0 unspecified atom stereocenters. The van der Waals surface area contributed by atoms with Crippen LogP contribution in [0, 0.1) is 0 Å². The Bertz CT molecular complexity index is 1880. The molecule has 3 fully saturated rings. The lowest BCUT2D eigenvalue weighted by atomic mass is 9.80. The van der Waals surface area contributed by atoms with E-state index >= 15 is 0 Å². The summed E-state index contributed by atoms with van der Waals surface area (Å²) in [4.78, 5) is 40.8. The van der Waals surface area contributed by atoms with Gasteiger partial charge in [-0.3, -0.25) is 9.79 Å². The van der Waals surface area contributed by atoms with E-state index in [1.807, 2.05) is 6.08 Å². The summed E-state index contributed by atoms with van der Waals surface area (Å²) < 4.78 is 2.18. The van der Waals surface area contributed by atoms with E-state index < -0.39 is 5.97 Å². The number of piperidine rings is 1. The van der Waals surface area contributed by atoms with Crippen LogP contribution < -0.4 is 0 Å². The zero-order valence-electron chi connectivity index (χ0n) is 28.4. The number of amides is 1. The van der Waals surface area contributed by atoms with Crippen LogP contribution in [0.1, 0.15) is 106 Å². The number of carboxylic acids is 1. The van der Waals surface area contributed by atoms with Gasteiger partial charge in [-0.15, -0.1) is 0 Å². The molecule has 2 saturated heterocycles. The molecule has 250 valence electrons. The molecule has 1 N–H and O–H groups in total. The smallest absolute Gasteiger partial charge is 0.331 e. The minimum atomic E-state index is -0.870. The normalized spacial score (nSPS) is 20.9. The molecule has 2 aromatic heterocycles. The molecule has 1 amide bonds. The van der Waals surface area contributed by atoms with Crippen LogP contribution in [0.15, 0.2) is 46.6 Å². The summed E-state index contributed by atoms with van der Waals surface area (Å²) >= 11 is 0. The number of benzene rings is 1. The second-order valence-corrected chi connectivity index (χ2v) is 14.7. The minimum Gasteiger partial charge on any atom is -0.478 e. The van der Waals surface area contributed by atoms with Crippen molar-refractivity contribution in [2.75, 3.05) is 26.2 Å². The number of allylic oxidation sites excluding steroid dienone is 2. The third kappa shape index (κ3) is 5.72. The molecule has 0 bridgehead atoms. The molecule has 8 nitrogen and oxygen atoms in total. The molecule has 2 aliphatic carbocycles. The van der Waals surface area contributed by atoms with Gasteiger partial charge >= 0.3 is 5.97 Å². The van der Waals surface area contributed by atoms with Crippen molar-refractivity contribution in [3.8, 4) is 11.3 Å². The lowest BCUT2D eigenvalue weighted by molar-refractivity contribution is -0.133. The number of hydrogen-bond acceptors (Lipinski definition) is 5. The van der Waals surface area contributed by atoms with E-state index in [0.29, 0.717) is 24.0 Å². The summed E-state index contributed by atoms with van der Waals surface area (Å²) in [5.74, 6) is -0.385. The van der Waals surface area contributed by atoms with E-state index in [9.17, 15) is 14.7 Å². The number of pyridine rings is 1. The molecule has 1 aromatic carbocycles. The molecule has 0 radical (unpaired) electrons. The molecule has 3 aromatic rings. The third-order valence-electron chi connectivity index (χ3n) is 11.7. The fourth-order valence-corrected chi connectivity index (χ4v) is 9.23. The van der Waals surface area contributed by atoms with E-state index in [1.165, 1.54) is 56.3 Å². The summed E-state index contributed by atoms with van der Waals surface area (Å²) in [7, 11) is 0. The average molecular weight is 646 g/mol. The Hall–Kier alpha value is -4.04. The van der Waals surface area contributed by atoms with Crippen LogP contribution in [0.4, 0.5) is 0 Å². The zero-order chi connectivity index (χ0) is 32.9. The molecule has 48 heavy (non-hydrogen) atoms. The van der Waals surface area contributed by atoms with Crippen molar-refractivity contribution in [3.05, 3.63) is 64.1 Å². The maximum atomic E-state index is 14.1. The van der Waals surface area contributed by atoms with Gasteiger partial charge in [-0.1, -0.05) is 31.4 Å². The maximum Gasteiger partial charge on any atom is 0.331 e. The largest absolute Gasteiger partial charge is 0.478 e. The predicted molar refractivity (Wildman–Crippen MR) is 191 cm³/mol. The van der Waals surface area contributed by atoms with Crippen molar-refractivity contribution in [2.24, 2.45) is 4.99 Å². The highest BCUT2D eigenvalue weighted by atomic mass is 16.4. The Morgan fingerprint density at radius 3 is 2.38 bits per heavy atom. The molecule has 3 aliphatic heterocycles. The molecule has 8 rings (SSSR count). The number of rotatable bonds is 7. The Balaban J connectivity index is 1.18. The number of likely N-dealkylation sites (tertiary alicyclic amines) is 2. The van der Waals surface area contributed by atoms with Gasteiger partial charge in [0.25, 0.3) is 0 Å². The highest BCUT2D eigenvalue weighted by molar-refractivity contribution is 5.99. The van der Waals surface area contributed by atoms with Crippen molar-refractivity contribution >= 4 is 40.1 Å². The molecule has 1 saturated carbocycles. The molecule has 8 heteroatoms. The van der Waals surface area contributed by atoms with Gasteiger partial charge in [-0.05, 0) is 112 Å². The first kappa shape index (κ1) is 31.2. The molecule has 0 spiro atoms. The van der Waals surface area contributed by atoms with Crippen molar-refractivity contribution in [3.63, 3.8) is 0 Å². The maximum absolute atomic E-state index is 14.1. The predicted octanol–water partition coefficient (Wildman–Crippen LogP) is 7.46. The molecule has 0 atom stereocenters. The fraction of sp³-hybridized carbons (Fsp3) is 0.500. The number of fused-ring (bicyclic) bond motifs is 2. The SMILES string of the molecule is CC1=NC(C)=C(c2ccc3cc(-c4c(C5CCCCC5)c5c(n4CC(=O)N4CCC(N6CCCC6)CC4)C=C(C(=O)O)C5)ccc3n2)C1. The van der Waals surface area contributed by atoms with Gasteiger partial charge in [-0.2, -0.15) is 0 Å². The van der Waals surface area contributed by atoms with Crippen LogP contribution in [0.2, 0.25) is 0 Å². The lowest BCUT2D eigenvalue weighted by Gasteiger charge is -2.37. The van der Waals surface area contributed by atoms with E-state index in [-0.39, 0.29) is 12.5 Å². The number of carboxylic acid groups (broad SMARTS) is 1. The number of aromatic nitrogens is 2. The van der Waals surface area contributed by atoms with Crippen molar-refractivity contribution < 1.29 is 14.7 Å². The summed E-state index contributed by atoms with van der Waals surface area (Å²) in [5.41, 5.74) is 11.1. The van der Waals surface area contributed by atoms with E-state index in [1.54, 1.807) is 0 Å². The highest BCUT2D eigenvalue weighted by Crippen LogP contribution is 2.46. The standard InChI is InChI=1S/C40H47N5O3/c1-25-20-32(26(2)41-25)35-13-10-28-21-29(11-12-34(28)42-35)39-38(27-8-4-3-5-9-27)33-22-30(40(47)48)23-36(33)45(39)24-37(46)44-18-14-31(15-19-44)43-16-6-7-17-43/h10-13,21,23,27,31H,3-9,14-20,22,24H2,1-2H3,(H,47,48). The van der Waals surface area contributed by atoms with Gasteiger partial charge < -0.3 is 19.5 Å². The van der Waals surface area contributed by atoms with Crippen molar-refractivity contribution in [1.82, 2.24) is 19.4 Å². The van der Waals surface area contributed by atoms with Crippen LogP contribution >= 0.6 is 0 Å². The van der Waals surface area contributed by atoms with Crippen LogP contribution in [0.5, 0.6) is 0 Å². The second kappa shape index (κ2) is 12.8. The van der Waals surface area contributed by atoms with Gasteiger partial charge in [0, 0.05) is 65.6 Å². The summed E-state index contributed by atoms with van der Waals surface area (Å²) in [6.45, 7) is 8.30. The number of aliphatic carboxylic acids is 1. The van der Waals surface area contributed by atoms with Gasteiger partial charge in [0.15, 0.2) is 0 Å². The quantitative estimate of drug-likeness (QED) is 0.288. The Labute approximate surface area is 283 Å².